The number of aromatic nitrogens is 3. The van der Waals surface area contributed by atoms with Crippen molar-refractivity contribution in [3.63, 3.8) is 0 Å². The molecule has 0 saturated heterocycles. The predicted molar refractivity (Wildman–Crippen MR) is 135 cm³/mol. The Hall–Kier alpha value is -3.23. The van der Waals surface area contributed by atoms with Crippen LogP contribution in [0.25, 0.3) is 22.2 Å². The molecule has 0 aliphatic rings. The summed E-state index contributed by atoms with van der Waals surface area (Å²) in [7, 11) is 4.01. The van der Waals surface area contributed by atoms with Crippen molar-refractivity contribution in [2.45, 2.75) is 27.3 Å². The van der Waals surface area contributed by atoms with E-state index in [4.69, 9.17) is 19.4 Å². The molecule has 0 saturated carbocycles. The molecule has 0 aliphatic carbocycles. The molecule has 2 aromatic carbocycles. The number of ether oxygens (including phenoxy) is 2. The maximum atomic E-state index is 5.85. The average Bonchev–Trinajstić information content (AvgIpc) is 3.21. The van der Waals surface area contributed by atoms with Crippen LogP contribution in [0.3, 0.4) is 0 Å². The Balaban J connectivity index is 1.80. The summed E-state index contributed by atoms with van der Waals surface area (Å²) < 4.78 is 11.7. The SMILES string of the molecule is CCOc1cc2nc(CN(C)C)nc(Nc3cccc(-c4csc(C)n4)c3)c2cc1OCC. The van der Waals surface area contributed by atoms with E-state index in [1.54, 1.807) is 11.3 Å². The van der Waals surface area contributed by atoms with Gasteiger partial charge in [-0.1, -0.05) is 12.1 Å². The Morgan fingerprint density at radius 3 is 2.39 bits per heavy atom. The number of nitrogens with one attached hydrogen (secondary N) is 1. The number of benzene rings is 2. The Morgan fingerprint density at radius 2 is 1.73 bits per heavy atom. The van der Waals surface area contributed by atoms with E-state index < -0.39 is 0 Å². The number of hydrogen-bond acceptors (Lipinski definition) is 8. The summed E-state index contributed by atoms with van der Waals surface area (Å²) in [5.74, 6) is 2.83. The van der Waals surface area contributed by atoms with Crippen molar-refractivity contribution in [1.29, 1.82) is 0 Å². The van der Waals surface area contributed by atoms with Gasteiger partial charge in [0.1, 0.15) is 11.6 Å². The van der Waals surface area contributed by atoms with Gasteiger partial charge in [0.25, 0.3) is 0 Å². The zero-order valence-electron chi connectivity index (χ0n) is 19.7. The van der Waals surface area contributed by atoms with Crippen LogP contribution in [0.2, 0.25) is 0 Å². The molecule has 0 amide bonds. The summed E-state index contributed by atoms with van der Waals surface area (Å²) in [6.07, 6.45) is 0. The molecule has 7 nitrogen and oxygen atoms in total. The van der Waals surface area contributed by atoms with E-state index in [2.05, 4.69) is 27.8 Å². The fourth-order valence-electron chi connectivity index (χ4n) is 3.56. The largest absolute Gasteiger partial charge is 0.490 e. The zero-order chi connectivity index (χ0) is 23.4. The molecule has 4 rings (SSSR count). The molecule has 0 aliphatic heterocycles. The van der Waals surface area contributed by atoms with Crippen molar-refractivity contribution in [2.75, 3.05) is 32.6 Å². The van der Waals surface area contributed by atoms with Gasteiger partial charge in [-0.05, 0) is 53.1 Å². The van der Waals surface area contributed by atoms with E-state index in [-0.39, 0.29) is 0 Å². The number of fused-ring (bicyclic) bond motifs is 1. The fraction of sp³-hybridized carbons (Fsp3) is 0.320. The van der Waals surface area contributed by atoms with Gasteiger partial charge in [-0.3, -0.25) is 0 Å². The molecule has 0 bridgehead atoms. The van der Waals surface area contributed by atoms with Crippen molar-refractivity contribution in [3.8, 4) is 22.8 Å². The second-order valence-electron chi connectivity index (χ2n) is 7.87. The third-order valence-electron chi connectivity index (χ3n) is 4.90. The van der Waals surface area contributed by atoms with Crippen LogP contribution in [-0.2, 0) is 6.54 Å². The monoisotopic (exact) mass is 463 g/mol. The smallest absolute Gasteiger partial charge is 0.163 e. The number of nitrogens with zero attached hydrogens (tertiary/aromatic N) is 4. The zero-order valence-corrected chi connectivity index (χ0v) is 20.5. The van der Waals surface area contributed by atoms with Gasteiger partial charge in [0.05, 0.1) is 36.0 Å². The summed E-state index contributed by atoms with van der Waals surface area (Å²) in [6, 6.07) is 12.1. The van der Waals surface area contributed by atoms with E-state index in [0.717, 1.165) is 44.5 Å². The summed E-state index contributed by atoms with van der Waals surface area (Å²) >= 11 is 1.65. The number of rotatable bonds is 9. The lowest BCUT2D eigenvalue weighted by molar-refractivity contribution is 0.288. The Morgan fingerprint density at radius 1 is 0.970 bits per heavy atom. The van der Waals surface area contributed by atoms with E-state index in [0.29, 0.717) is 31.3 Å². The van der Waals surface area contributed by atoms with Gasteiger partial charge in [0.2, 0.25) is 0 Å². The maximum absolute atomic E-state index is 5.85. The third-order valence-corrected chi connectivity index (χ3v) is 5.68. The van der Waals surface area contributed by atoms with Crippen LogP contribution in [-0.4, -0.2) is 47.2 Å². The van der Waals surface area contributed by atoms with E-state index >= 15 is 0 Å². The second kappa shape index (κ2) is 10.1. The molecule has 8 heteroatoms. The summed E-state index contributed by atoms with van der Waals surface area (Å²) in [5, 5.41) is 7.51. The van der Waals surface area contributed by atoms with Crippen LogP contribution in [0, 0.1) is 6.92 Å². The van der Waals surface area contributed by atoms with Crippen LogP contribution in [0.4, 0.5) is 11.5 Å². The first kappa shape index (κ1) is 22.9. The van der Waals surface area contributed by atoms with Crippen LogP contribution in [0.15, 0.2) is 41.8 Å². The van der Waals surface area contributed by atoms with Crippen LogP contribution in [0.1, 0.15) is 24.7 Å². The number of aryl methyl sites for hydroxylation is 1. The first-order valence-corrected chi connectivity index (χ1v) is 11.9. The first-order chi connectivity index (χ1) is 16.0. The van der Waals surface area contributed by atoms with Crippen molar-refractivity contribution in [3.05, 3.63) is 52.6 Å². The van der Waals surface area contributed by atoms with Crippen LogP contribution < -0.4 is 14.8 Å². The minimum atomic E-state index is 0.545. The quantitative estimate of drug-likeness (QED) is 0.343. The second-order valence-corrected chi connectivity index (χ2v) is 8.93. The van der Waals surface area contributed by atoms with Crippen molar-refractivity contribution in [1.82, 2.24) is 19.9 Å². The molecule has 4 aromatic rings. The van der Waals surface area contributed by atoms with Gasteiger partial charge in [-0.15, -0.1) is 11.3 Å². The van der Waals surface area contributed by atoms with Crippen LogP contribution in [0.5, 0.6) is 11.5 Å². The lowest BCUT2D eigenvalue weighted by Crippen LogP contribution is -2.14. The van der Waals surface area contributed by atoms with E-state index in [1.807, 2.05) is 64.0 Å². The molecule has 2 aromatic heterocycles. The number of hydrogen-bond donors (Lipinski definition) is 1. The summed E-state index contributed by atoms with van der Waals surface area (Å²) in [4.78, 5) is 16.3. The highest BCUT2D eigenvalue weighted by Crippen LogP contribution is 2.36. The highest BCUT2D eigenvalue weighted by Gasteiger charge is 2.15. The van der Waals surface area contributed by atoms with Crippen molar-refractivity contribution < 1.29 is 9.47 Å². The first-order valence-electron chi connectivity index (χ1n) is 11.0. The lowest BCUT2D eigenvalue weighted by atomic mass is 10.1. The molecule has 0 fully saturated rings. The standard InChI is InChI=1S/C25H29N5O2S/c1-6-31-22-12-19-20(13-23(22)32-7-2)28-24(14-30(4)5)29-25(19)27-18-10-8-9-17(11-18)21-15-33-16(3)26-21/h8-13,15H,6-7,14H2,1-5H3,(H,27,28,29). The van der Waals surface area contributed by atoms with E-state index in [9.17, 15) is 0 Å². The molecule has 0 spiro atoms. The predicted octanol–water partition coefficient (Wildman–Crippen LogP) is 5.66. The molecule has 0 radical (unpaired) electrons. The summed E-state index contributed by atoms with van der Waals surface area (Å²) in [6.45, 7) is 7.66. The minimum Gasteiger partial charge on any atom is -0.490 e. The van der Waals surface area contributed by atoms with Gasteiger partial charge in [0.15, 0.2) is 11.5 Å². The molecule has 0 atom stereocenters. The highest BCUT2D eigenvalue weighted by molar-refractivity contribution is 7.09. The van der Waals surface area contributed by atoms with Crippen molar-refractivity contribution >= 4 is 33.7 Å². The maximum Gasteiger partial charge on any atom is 0.163 e. The van der Waals surface area contributed by atoms with Crippen LogP contribution >= 0.6 is 11.3 Å². The fourth-order valence-corrected chi connectivity index (χ4v) is 4.18. The third kappa shape index (κ3) is 5.40. The van der Waals surface area contributed by atoms with Gasteiger partial charge in [-0.25, -0.2) is 15.0 Å². The van der Waals surface area contributed by atoms with Gasteiger partial charge in [0, 0.05) is 28.1 Å². The molecular weight excluding hydrogens is 434 g/mol. The lowest BCUT2D eigenvalue weighted by Gasteiger charge is -2.16. The minimum absolute atomic E-state index is 0.545. The number of anilines is 2. The molecule has 172 valence electrons. The molecule has 33 heavy (non-hydrogen) atoms. The average molecular weight is 464 g/mol. The van der Waals surface area contributed by atoms with Gasteiger partial charge < -0.3 is 19.7 Å². The molecule has 2 heterocycles. The van der Waals surface area contributed by atoms with E-state index in [1.165, 1.54) is 0 Å². The van der Waals surface area contributed by atoms with Gasteiger partial charge >= 0.3 is 0 Å². The Bertz CT molecular complexity index is 1260. The summed E-state index contributed by atoms with van der Waals surface area (Å²) in [5.41, 5.74) is 3.77. The van der Waals surface area contributed by atoms with Crippen molar-refractivity contribution in [2.24, 2.45) is 0 Å². The number of thiazole rings is 1. The highest BCUT2D eigenvalue weighted by atomic mass is 32.1. The molecule has 1 N–H and O–H groups in total. The topological polar surface area (TPSA) is 72.4 Å². The Kier molecular flexibility index (Phi) is 7.05. The molecular formula is C25H29N5O2S. The normalized spacial score (nSPS) is 11.2. The van der Waals surface area contributed by atoms with Gasteiger partial charge in [-0.2, -0.15) is 0 Å². The molecule has 0 unspecified atom stereocenters. The Labute approximate surface area is 198 Å².